The first-order chi connectivity index (χ1) is 14.4. The maximum atomic E-state index is 13.0. The lowest BCUT2D eigenvalue weighted by Crippen LogP contribution is -2.33. The summed E-state index contributed by atoms with van der Waals surface area (Å²) in [6.45, 7) is 3.89. The number of rotatable bonds is 3. The highest BCUT2D eigenvalue weighted by Crippen LogP contribution is 2.55. The van der Waals surface area contributed by atoms with E-state index >= 15 is 0 Å². The van der Waals surface area contributed by atoms with Gasteiger partial charge in [0.05, 0.1) is 17.5 Å². The second kappa shape index (κ2) is 6.81. The number of imide groups is 1. The first kappa shape index (κ1) is 19.1. The van der Waals surface area contributed by atoms with E-state index in [0.29, 0.717) is 22.0 Å². The summed E-state index contributed by atoms with van der Waals surface area (Å²) in [6, 6.07) is 11.9. The highest BCUT2D eigenvalue weighted by molar-refractivity contribution is 6.31. The number of benzene rings is 2. The maximum absolute atomic E-state index is 13.0. The molecular formula is C24H21ClN2O3. The van der Waals surface area contributed by atoms with Gasteiger partial charge in [0.1, 0.15) is 0 Å². The topological polar surface area (TPSA) is 66.5 Å². The van der Waals surface area contributed by atoms with Crippen LogP contribution in [0, 0.1) is 30.6 Å². The summed E-state index contributed by atoms with van der Waals surface area (Å²) in [5, 5.41) is 3.44. The SMILES string of the molecule is CC1=C[C@H]2C[C@H]1[C@H]1C(=O)N(c3ccc(C(=O)Nc4cccc(Cl)c4C)cc3)C(=O)[C@H]12. The van der Waals surface area contributed by atoms with E-state index in [-0.39, 0.29) is 41.4 Å². The van der Waals surface area contributed by atoms with Gasteiger partial charge in [0.25, 0.3) is 5.91 Å². The Morgan fingerprint density at radius 2 is 1.73 bits per heavy atom. The summed E-state index contributed by atoms with van der Waals surface area (Å²) >= 11 is 6.11. The Morgan fingerprint density at radius 3 is 2.47 bits per heavy atom. The monoisotopic (exact) mass is 420 g/mol. The standard InChI is InChI=1S/C24H21ClN2O3/c1-12-10-15-11-17(12)21-20(15)23(29)27(24(21)30)16-8-6-14(7-9-16)22(28)26-19-5-3-4-18(25)13(19)2/h3-10,15,17,20-21H,11H2,1-2H3,(H,26,28)/t15-,17+,20-,21+/m0/s1. The van der Waals surface area contributed by atoms with Crippen LogP contribution in [0.4, 0.5) is 11.4 Å². The predicted octanol–water partition coefficient (Wildman–Crippen LogP) is 4.60. The van der Waals surface area contributed by atoms with Crippen molar-refractivity contribution >= 4 is 40.7 Å². The van der Waals surface area contributed by atoms with Crippen LogP contribution in [0.2, 0.25) is 5.02 Å². The summed E-state index contributed by atoms with van der Waals surface area (Å²) in [5.41, 5.74) is 3.63. The minimum Gasteiger partial charge on any atom is -0.322 e. The van der Waals surface area contributed by atoms with Crippen molar-refractivity contribution in [2.75, 3.05) is 10.2 Å². The molecule has 2 bridgehead atoms. The quantitative estimate of drug-likeness (QED) is 0.582. The van der Waals surface area contributed by atoms with Gasteiger partial charge in [0.2, 0.25) is 11.8 Å². The van der Waals surface area contributed by atoms with Gasteiger partial charge in [0.15, 0.2) is 0 Å². The second-order valence-corrected chi connectivity index (χ2v) is 8.80. The van der Waals surface area contributed by atoms with Crippen molar-refractivity contribution in [1.29, 1.82) is 0 Å². The molecule has 3 amide bonds. The Hall–Kier alpha value is -2.92. The summed E-state index contributed by atoms with van der Waals surface area (Å²) in [5.74, 6) is -0.619. The Bertz CT molecular complexity index is 1120. The van der Waals surface area contributed by atoms with Crippen LogP contribution in [0.1, 0.15) is 29.3 Å². The molecule has 152 valence electrons. The smallest absolute Gasteiger partial charge is 0.255 e. The molecule has 2 fully saturated rings. The van der Waals surface area contributed by atoms with Crippen LogP contribution in [0.5, 0.6) is 0 Å². The number of fused-ring (bicyclic) bond motifs is 5. The molecule has 1 N–H and O–H groups in total. The van der Waals surface area contributed by atoms with Gasteiger partial charge in [-0.25, -0.2) is 0 Å². The molecule has 1 aliphatic heterocycles. The zero-order chi connectivity index (χ0) is 21.2. The molecule has 4 atom stereocenters. The molecule has 2 aliphatic carbocycles. The Kier molecular flexibility index (Phi) is 4.33. The third-order valence-corrected chi connectivity index (χ3v) is 7.19. The van der Waals surface area contributed by atoms with Gasteiger partial charge in [-0.2, -0.15) is 0 Å². The molecule has 6 heteroatoms. The molecule has 3 aliphatic rings. The summed E-state index contributed by atoms with van der Waals surface area (Å²) in [6.07, 6.45) is 3.07. The zero-order valence-corrected chi connectivity index (χ0v) is 17.4. The van der Waals surface area contributed by atoms with E-state index in [2.05, 4.69) is 18.3 Å². The molecule has 2 aromatic rings. The van der Waals surface area contributed by atoms with Crippen LogP contribution in [-0.2, 0) is 9.59 Å². The summed E-state index contributed by atoms with van der Waals surface area (Å²) in [4.78, 5) is 40.0. The number of hydrogen-bond acceptors (Lipinski definition) is 3. The molecule has 1 saturated heterocycles. The minimum absolute atomic E-state index is 0.114. The molecular weight excluding hydrogens is 400 g/mol. The predicted molar refractivity (Wildman–Crippen MR) is 115 cm³/mol. The van der Waals surface area contributed by atoms with Crippen LogP contribution in [-0.4, -0.2) is 17.7 Å². The van der Waals surface area contributed by atoms with Gasteiger partial charge >= 0.3 is 0 Å². The fourth-order valence-electron chi connectivity index (χ4n) is 5.23. The maximum Gasteiger partial charge on any atom is 0.255 e. The van der Waals surface area contributed by atoms with Gasteiger partial charge in [-0.3, -0.25) is 19.3 Å². The highest BCUT2D eigenvalue weighted by atomic mass is 35.5. The number of nitrogens with one attached hydrogen (secondary N) is 1. The van der Waals surface area contributed by atoms with E-state index in [4.69, 9.17) is 11.6 Å². The van der Waals surface area contributed by atoms with Gasteiger partial charge < -0.3 is 5.32 Å². The molecule has 30 heavy (non-hydrogen) atoms. The van der Waals surface area contributed by atoms with E-state index in [9.17, 15) is 14.4 Å². The minimum atomic E-state index is -0.277. The van der Waals surface area contributed by atoms with Gasteiger partial charge in [-0.15, -0.1) is 0 Å². The number of anilines is 2. The molecule has 5 nitrogen and oxygen atoms in total. The normalized spacial score (nSPS) is 26.8. The van der Waals surface area contributed by atoms with E-state index in [1.165, 1.54) is 10.5 Å². The van der Waals surface area contributed by atoms with Crippen molar-refractivity contribution in [1.82, 2.24) is 0 Å². The van der Waals surface area contributed by atoms with Crippen LogP contribution in [0.3, 0.4) is 0 Å². The van der Waals surface area contributed by atoms with Crippen molar-refractivity contribution in [2.45, 2.75) is 20.3 Å². The van der Waals surface area contributed by atoms with Crippen LogP contribution in [0.25, 0.3) is 0 Å². The average molecular weight is 421 g/mol. The molecule has 1 heterocycles. The number of amides is 3. The van der Waals surface area contributed by atoms with Crippen LogP contribution >= 0.6 is 11.6 Å². The number of nitrogens with zero attached hydrogens (tertiary/aromatic N) is 1. The number of halogens is 1. The van der Waals surface area contributed by atoms with Crippen molar-refractivity contribution in [2.24, 2.45) is 23.7 Å². The first-order valence-electron chi connectivity index (χ1n) is 10.1. The Labute approximate surface area is 179 Å². The van der Waals surface area contributed by atoms with Gasteiger partial charge in [-0.05, 0) is 74.1 Å². The van der Waals surface area contributed by atoms with Gasteiger partial charge in [0, 0.05) is 16.3 Å². The van der Waals surface area contributed by atoms with Crippen molar-refractivity contribution in [3.05, 3.63) is 70.3 Å². The largest absolute Gasteiger partial charge is 0.322 e. The molecule has 0 unspecified atom stereocenters. The van der Waals surface area contributed by atoms with E-state index in [1.807, 2.05) is 6.92 Å². The molecule has 0 aromatic heterocycles. The number of hydrogen-bond donors (Lipinski definition) is 1. The Balaban J connectivity index is 1.36. The van der Waals surface area contributed by atoms with E-state index in [1.54, 1.807) is 42.5 Å². The third kappa shape index (κ3) is 2.72. The molecule has 0 radical (unpaired) electrons. The Morgan fingerprint density at radius 1 is 1.03 bits per heavy atom. The zero-order valence-electron chi connectivity index (χ0n) is 16.7. The molecule has 1 saturated carbocycles. The lowest BCUT2D eigenvalue weighted by molar-refractivity contribution is -0.123. The van der Waals surface area contributed by atoms with Crippen LogP contribution < -0.4 is 10.2 Å². The third-order valence-electron chi connectivity index (χ3n) is 6.78. The van der Waals surface area contributed by atoms with E-state index in [0.717, 1.165) is 12.0 Å². The number of carbonyl (C=O) groups is 3. The van der Waals surface area contributed by atoms with Crippen molar-refractivity contribution in [3.8, 4) is 0 Å². The highest BCUT2D eigenvalue weighted by Gasteiger charge is 2.60. The molecule has 2 aromatic carbocycles. The molecule has 0 spiro atoms. The lowest BCUT2D eigenvalue weighted by Gasteiger charge is -2.19. The second-order valence-electron chi connectivity index (χ2n) is 8.39. The summed E-state index contributed by atoms with van der Waals surface area (Å²) in [7, 11) is 0. The van der Waals surface area contributed by atoms with Crippen LogP contribution in [0.15, 0.2) is 54.1 Å². The van der Waals surface area contributed by atoms with Crippen molar-refractivity contribution in [3.63, 3.8) is 0 Å². The van der Waals surface area contributed by atoms with Crippen molar-refractivity contribution < 1.29 is 14.4 Å². The molecule has 5 rings (SSSR count). The van der Waals surface area contributed by atoms with Gasteiger partial charge in [-0.1, -0.05) is 29.3 Å². The lowest BCUT2D eigenvalue weighted by atomic mass is 9.82. The fraction of sp³-hybridized carbons (Fsp3) is 0.292. The fourth-order valence-corrected chi connectivity index (χ4v) is 5.40. The number of allylic oxidation sites excluding steroid dienone is 2. The first-order valence-corrected chi connectivity index (χ1v) is 10.5. The summed E-state index contributed by atoms with van der Waals surface area (Å²) < 4.78 is 0. The number of carbonyl (C=O) groups excluding carboxylic acids is 3. The van der Waals surface area contributed by atoms with E-state index < -0.39 is 0 Å². The average Bonchev–Trinajstić information content (AvgIpc) is 3.36.